The van der Waals surface area contributed by atoms with Gasteiger partial charge >= 0.3 is 5.69 Å². The molecule has 0 aliphatic heterocycles. The number of isocyanates is 1. The molecule has 0 bridgehead atoms. The van der Waals surface area contributed by atoms with Gasteiger partial charge in [0.2, 0.25) is 11.8 Å². The Balaban J connectivity index is 0.00000182. The Labute approximate surface area is 194 Å². The van der Waals surface area contributed by atoms with E-state index in [-0.39, 0.29) is 0 Å². The van der Waals surface area contributed by atoms with Crippen molar-refractivity contribution in [3.63, 3.8) is 0 Å². The highest BCUT2D eigenvalue weighted by molar-refractivity contribution is 5.71. The van der Waals surface area contributed by atoms with Gasteiger partial charge < -0.3 is 14.7 Å². The Morgan fingerprint density at radius 3 is 2.21 bits per heavy atom. The van der Waals surface area contributed by atoms with Crippen LogP contribution in [0, 0.1) is 32.6 Å². The van der Waals surface area contributed by atoms with Crippen LogP contribution in [0.25, 0.3) is 0 Å². The second-order valence-electron chi connectivity index (χ2n) is 6.44. The number of phenols is 1. The molecular formula is C21H22N6O7. The molecule has 0 spiro atoms. The summed E-state index contributed by atoms with van der Waals surface area (Å²) in [6.45, 7) is 10.3. The van der Waals surface area contributed by atoms with Crippen LogP contribution in [0.5, 0.6) is 11.5 Å². The lowest BCUT2D eigenvalue weighted by Crippen LogP contribution is -2.23. The number of benzene rings is 2. The van der Waals surface area contributed by atoms with Crippen LogP contribution in [-0.4, -0.2) is 41.2 Å². The number of phenolic OH excluding ortho intramolecular Hbond substituents is 1. The number of aryl methyl sites for hydroxylation is 1. The summed E-state index contributed by atoms with van der Waals surface area (Å²) in [5, 5.41) is 45.4. The van der Waals surface area contributed by atoms with E-state index >= 15 is 0 Å². The molecule has 0 saturated carbocycles. The zero-order valence-corrected chi connectivity index (χ0v) is 18.4. The predicted octanol–water partition coefficient (Wildman–Crippen LogP) is 5.02. The number of ether oxygens (including phenoxy) is 1. The number of azo groups is 1. The van der Waals surface area contributed by atoms with Gasteiger partial charge in [0, 0.05) is 19.2 Å². The van der Waals surface area contributed by atoms with Gasteiger partial charge in [0.15, 0.2) is 5.75 Å². The fraction of sp³-hybridized carbons (Fsp3) is 0.190. The summed E-state index contributed by atoms with van der Waals surface area (Å²) in [6, 6.07) is 4.90. The van der Waals surface area contributed by atoms with E-state index in [0.717, 1.165) is 17.8 Å². The van der Waals surface area contributed by atoms with E-state index in [4.69, 9.17) is 14.9 Å². The fourth-order valence-corrected chi connectivity index (χ4v) is 2.80. The zero-order valence-electron chi connectivity index (χ0n) is 18.4. The molecule has 0 heterocycles. The summed E-state index contributed by atoms with van der Waals surface area (Å²) in [4.78, 5) is 30.8. The van der Waals surface area contributed by atoms with Crippen molar-refractivity contribution in [2.24, 2.45) is 10.2 Å². The van der Waals surface area contributed by atoms with Gasteiger partial charge in [-0.15, -0.1) is 23.4 Å². The maximum atomic E-state index is 11.3. The third-order valence-corrected chi connectivity index (χ3v) is 4.26. The minimum Gasteiger partial charge on any atom is -0.505 e. The number of carbonyl (C=O) groups excluding carboxylic acids is 1. The van der Waals surface area contributed by atoms with Crippen LogP contribution in [0.4, 0.5) is 28.4 Å². The van der Waals surface area contributed by atoms with E-state index < -0.39 is 32.7 Å². The molecule has 0 aromatic heterocycles. The van der Waals surface area contributed by atoms with E-state index in [1.807, 2.05) is 11.0 Å². The smallest absolute Gasteiger partial charge is 0.307 e. The van der Waals surface area contributed by atoms with Gasteiger partial charge in [-0.05, 0) is 18.6 Å². The molecular weight excluding hydrogens is 448 g/mol. The first-order chi connectivity index (χ1) is 16.1. The van der Waals surface area contributed by atoms with E-state index in [1.54, 1.807) is 25.1 Å². The third-order valence-electron chi connectivity index (χ3n) is 4.26. The Hall–Kier alpha value is -4.90. The van der Waals surface area contributed by atoms with Crippen LogP contribution in [0.1, 0.15) is 5.56 Å². The maximum Gasteiger partial charge on any atom is 0.307 e. The number of nitrogens with one attached hydrogen (secondary N) is 1. The van der Waals surface area contributed by atoms with Gasteiger partial charge in [0.05, 0.1) is 40.5 Å². The van der Waals surface area contributed by atoms with E-state index in [2.05, 4.69) is 23.4 Å². The normalized spacial score (nSPS) is 9.94. The molecule has 0 saturated heterocycles. The Morgan fingerprint density at radius 2 is 1.74 bits per heavy atom. The molecule has 2 rings (SSSR count). The molecule has 2 N–H and O–H groups in total. The first kappa shape index (κ1) is 27.1. The number of non-ortho nitro benzene ring substituents is 1. The molecule has 2 aromatic carbocycles. The summed E-state index contributed by atoms with van der Waals surface area (Å²) in [5.41, 5.74) is -0.0675. The van der Waals surface area contributed by atoms with Crippen molar-refractivity contribution in [3.8, 4) is 11.5 Å². The molecule has 13 nitrogen and oxygen atoms in total. The fourth-order valence-electron chi connectivity index (χ4n) is 2.80. The summed E-state index contributed by atoms with van der Waals surface area (Å²) >= 11 is 0. The van der Waals surface area contributed by atoms with Crippen molar-refractivity contribution in [1.29, 1.82) is 5.41 Å². The molecule has 0 unspecified atom stereocenters. The largest absolute Gasteiger partial charge is 0.505 e. The van der Waals surface area contributed by atoms with Crippen LogP contribution in [0.3, 0.4) is 0 Å². The Kier molecular flexibility index (Phi) is 10.2. The molecule has 0 atom stereocenters. The molecule has 0 aliphatic carbocycles. The van der Waals surface area contributed by atoms with Gasteiger partial charge in [0.1, 0.15) is 5.75 Å². The van der Waals surface area contributed by atoms with Crippen molar-refractivity contribution < 1.29 is 24.5 Å². The number of aromatic hydroxyl groups is 1. The van der Waals surface area contributed by atoms with Crippen molar-refractivity contribution in [1.82, 2.24) is 0 Å². The number of methoxy groups -OCH3 is 1. The average molecular weight is 470 g/mol. The second-order valence-corrected chi connectivity index (χ2v) is 6.44. The van der Waals surface area contributed by atoms with Crippen LogP contribution >= 0.6 is 0 Å². The lowest BCUT2D eigenvalue weighted by molar-refractivity contribution is -0.393. The van der Waals surface area contributed by atoms with Crippen LogP contribution in [0.2, 0.25) is 0 Å². The number of nitrogens with zero attached hydrogens (tertiary/aromatic N) is 5. The van der Waals surface area contributed by atoms with Crippen molar-refractivity contribution >= 4 is 34.5 Å². The van der Waals surface area contributed by atoms with Gasteiger partial charge in [0.25, 0.3) is 5.69 Å². The average Bonchev–Trinajstić information content (AvgIpc) is 2.78. The lowest BCUT2D eigenvalue weighted by Gasteiger charge is -2.24. The first-order valence-electron chi connectivity index (χ1n) is 9.41. The molecule has 34 heavy (non-hydrogen) atoms. The minimum absolute atomic E-state index is 0.338. The maximum absolute atomic E-state index is 11.3. The quantitative estimate of drug-likeness (QED) is 0.121. The number of hydrogen-bond donors (Lipinski definition) is 2. The van der Waals surface area contributed by atoms with Crippen LogP contribution < -0.4 is 9.64 Å². The molecule has 0 fully saturated rings. The number of anilines is 1. The Bertz CT molecular complexity index is 1150. The highest BCUT2D eigenvalue weighted by atomic mass is 16.6. The Morgan fingerprint density at radius 1 is 1.15 bits per heavy atom. The van der Waals surface area contributed by atoms with Crippen LogP contribution in [0.15, 0.2) is 59.8 Å². The van der Waals surface area contributed by atoms with E-state index in [0.29, 0.717) is 36.2 Å². The SMILES string of the molecule is C=CCN(CC=C)c1cc(C)c(N=Nc2c(O)cc([N+](=O)[O-])cc2[N+](=O)[O-])cc1OC.N=C=O. The summed E-state index contributed by atoms with van der Waals surface area (Å²) in [7, 11) is 1.49. The van der Waals surface area contributed by atoms with Gasteiger partial charge in [-0.25, -0.2) is 10.2 Å². The highest BCUT2D eigenvalue weighted by Gasteiger charge is 2.24. The third kappa shape index (κ3) is 6.80. The van der Waals surface area contributed by atoms with Crippen molar-refractivity contribution in [3.05, 3.63) is 75.4 Å². The molecule has 0 radical (unpaired) electrons. The molecule has 13 heteroatoms. The van der Waals surface area contributed by atoms with Gasteiger partial charge in [-0.2, -0.15) is 0 Å². The highest BCUT2D eigenvalue weighted by Crippen LogP contribution is 2.42. The number of hydrogen-bond acceptors (Lipinski definition) is 11. The minimum atomic E-state index is -0.875. The van der Waals surface area contributed by atoms with Crippen molar-refractivity contribution in [2.75, 3.05) is 25.1 Å². The van der Waals surface area contributed by atoms with Crippen LogP contribution in [-0.2, 0) is 4.79 Å². The monoisotopic (exact) mass is 470 g/mol. The summed E-state index contributed by atoms with van der Waals surface area (Å²) in [6.07, 6.45) is 4.23. The van der Waals surface area contributed by atoms with E-state index in [1.165, 1.54) is 7.11 Å². The van der Waals surface area contributed by atoms with Gasteiger partial charge in [-0.3, -0.25) is 20.2 Å². The standard InChI is InChI=1S/C20H21N5O6.CHNO/c1-5-7-23(8-6-2)16-9-13(3)15(12-19(16)31-4)21-22-20-17(25(29)30)10-14(24(27)28)11-18(20)26;2-1-3/h5-6,9-12,26H,1-2,7-8H2,3-4H3;2H. The van der Waals surface area contributed by atoms with Gasteiger partial charge in [-0.1, -0.05) is 12.2 Å². The number of nitro groups is 2. The van der Waals surface area contributed by atoms with Crippen molar-refractivity contribution in [2.45, 2.75) is 6.92 Å². The molecule has 0 amide bonds. The molecule has 178 valence electrons. The lowest BCUT2D eigenvalue weighted by atomic mass is 10.1. The predicted molar refractivity (Wildman–Crippen MR) is 124 cm³/mol. The van der Waals surface area contributed by atoms with E-state index in [9.17, 15) is 25.3 Å². The first-order valence-corrected chi connectivity index (χ1v) is 9.41. The second kappa shape index (κ2) is 12.8. The number of rotatable bonds is 10. The summed E-state index contributed by atoms with van der Waals surface area (Å²) < 4.78 is 5.45. The molecule has 2 aromatic rings. The topological polar surface area (TPSA) is 185 Å². The number of nitro benzene ring substituents is 2. The zero-order chi connectivity index (χ0) is 25.8. The molecule has 0 aliphatic rings. The summed E-state index contributed by atoms with van der Waals surface area (Å²) in [5.74, 6) is -0.250.